The van der Waals surface area contributed by atoms with Gasteiger partial charge in [0.25, 0.3) is 11.6 Å². The molecule has 2 aromatic carbocycles. The minimum absolute atomic E-state index is 0.0405. The number of ether oxygens (including phenoxy) is 2. The third-order valence-electron chi connectivity index (χ3n) is 4.37. The summed E-state index contributed by atoms with van der Waals surface area (Å²) in [4.78, 5) is 25.0. The normalized spacial score (nSPS) is 14.0. The third-order valence-corrected chi connectivity index (χ3v) is 4.37. The van der Waals surface area contributed by atoms with Gasteiger partial charge in [-0.2, -0.15) is 5.10 Å². The maximum atomic E-state index is 12.3. The molecule has 2 aromatic rings. The molecule has 152 valence electrons. The summed E-state index contributed by atoms with van der Waals surface area (Å²) in [7, 11) is 0. The monoisotopic (exact) mass is 398 g/mol. The van der Waals surface area contributed by atoms with Crippen LogP contribution in [0.5, 0.6) is 5.75 Å². The molecule has 0 spiro atoms. The number of amides is 1. The number of nitro groups is 1. The van der Waals surface area contributed by atoms with Crippen molar-refractivity contribution in [2.24, 2.45) is 5.10 Å². The molecule has 0 unspecified atom stereocenters. The number of hydrogen-bond acceptors (Lipinski definition) is 7. The zero-order chi connectivity index (χ0) is 20.6. The lowest BCUT2D eigenvalue weighted by atomic mass is 10.1. The topological polar surface area (TPSA) is 106 Å². The summed E-state index contributed by atoms with van der Waals surface area (Å²) in [5.41, 5.74) is 4.20. The van der Waals surface area contributed by atoms with Crippen LogP contribution < -0.4 is 15.1 Å². The van der Waals surface area contributed by atoms with E-state index in [2.05, 4.69) is 15.4 Å². The highest BCUT2D eigenvalue weighted by Gasteiger charge is 2.17. The second-order valence-corrected chi connectivity index (χ2v) is 6.26. The molecule has 1 heterocycles. The summed E-state index contributed by atoms with van der Waals surface area (Å²) in [5.74, 6) is 0.293. The van der Waals surface area contributed by atoms with Gasteiger partial charge in [0.2, 0.25) is 0 Å². The fourth-order valence-corrected chi connectivity index (χ4v) is 2.95. The summed E-state index contributed by atoms with van der Waals surface area (Å²) < 4.78 is 10.7. The number of nitrogens with one attached hydrogen (secondary N) is 1. The van der Waals surface area contributed by atoms with Gasteiger partial charge in [-0.05, 0) is 37.3 Å². The number of morpholine rings is 1. The zero-order valence-electron chi connectivity index (χ0n) is 16.0. The standard InChI is InChI=1S/C20H22N4O5/c1-2-29-18-6-3-15(4-7-18)20(25)22-21-14-16-13-17(24(26)27)5-8-19(16)23-9-11-28-12-10-23/h3-8,13-14H,2,9-12H2,1H3,(H,22,25)/b21-14+. The van der Waals surface area contributed by atoms with E-state index in [-0.39, 0.29) is 11.6 Å². The Bertz CT molecular complexity index is 892. The molecule has 29 heavy (non-hydrogen) atoms. The van der Waals surface area contributed by atoms with Crippen LogP contribution in [-0.4, -0.2) is 50.0 Å². The lowest BCUT2D eigenvalue weighted by Crippen LogP contribution is -2.36. The van der Waals surface area contributed by atoms with Crippen LogP contribution in [0.4, 0.5) is 11.4 Å². The summed E-state index contributed by atoms with van der Waals surface area (Å²) in [6.45, 7) is 4.96. The van der Waals surface area contributed by atoms with Gasteiger partial charge in [-0.3, -0.25) is 14.9 Å². The molecule has 3 rings (SSSR count). The highest BCUT2D eigenvalue weighted by atomic mass is 16.6. The van der Waals surface area contributed by atoms with Crippen molar-refractivity contribution in [3.05, 3.63) is 63.7 Å². The van der Waals surface area contributed by atoms with Crippen LogP contribution in [0.15, 0.2) is 47.6 Å². The first kappa shape index (κ1) is 20.3. The zero-order valence-corrected chi connectivity index (χ0v) is 16.0. The maximum absolute atomic E-state index is 12.3. The molecular formula is C20H22N4O5. The van der Waals surface area contributed by atoms with Crippen molar-refractivity contribution in [2.45, 2.75) is 6.92 Å². The van der Waals surface area contributed by atoms with Crippen LogP contribution in [-0.2, 0) is 4.74 Å². The second kappa shape index (κ2) is 9.65. The Morgan fingerprint density at radius 1 is 1.28 bits per heavy atom. The Balaban J connectivity index is 1.74. The lowest BCUT2D eigenvalue weighted by molar-refractivity contribution is -0.384. The van der Waals surface area contributed by atoms with E-state index < -0.39 is 4.92 Å². The molecule has 0 saturated carbocycles. The smallest absolute Gasteiger partial charge is 0.271 e. The minimum atomic E-state index is -0.459. The van der Waals surface area contributed by atoms with E-state index >= 15 is 0 Å². The lowest BCUT2D eigenvalue weighted by Gasteiger charge is -2.29. The summed E-state index contributed by atoms with van der Waals surface area (Å²) >= 11 is 0. The molecule has 0 aromatic heterocycles. The molecule has 0 aliphatic carbocycles. The summed E-state index contributed by atoms with van der Waals surface area (Å²) in [6.07, 6.45) is 1.42. The van der Waals surface area contributed by atoms with Crippen molar-refractivity contribution in [3.8, 4) is 5.75 Å². The predicted octanol–water partition coefficient (Wildman–Crippen LogP) is 2.59. The minimum Gasteiger partial charge on any atom is -0.494 e. The van der Waals surface area contributed by atoms with E-state index in [4.69, 9.17) is 9.47 Å². The number of benzene rings is 2. The first-order chi connectivity index (χ1) is 14.1. The molecule has 0 radical (unpaired) electrons. The first-order valence-corrected chi connectivity index (χ1v) is 9.26. The molecule has 1 saturated heterocycles. The average Bonchev–Trinajstić information content (AvgIpc) is 2.75. The molecule has 9 nitrogen and oxygen atoms in total. The predicted molar refractivity (Wildman–Crippen MR) is 109 cm³/mol. The molecule has 1 amide bonds. The number of carbonyl (C=O) groups is 1. The Morgan fingerprint density at radius 2 is 2.00 bits per heavy atom. The number of anilines is 1. The molecule has 1 fully saturated rings. The average molecular weight is 398 g/mol. The quantitative estimate of drug-likeness (QED) is 0.436. The second-order valence-electron chi connectivity index (χ2n) is 6.26. The third kappa shape index (κ3) is 5.29. The van der Waals surface area contributed by atoms with Gasteiger partial charge in [0.05, 0.1) is 31.0 Å². The van der Waals surface area contributed by atoms with Crippen LogP contribution in [0.1, 0.15) is 22.8 Å². The van der Waals surface area contributed by atoms with Crippen molar-refractivity contribution in [2.75, 3.05) is 37.8 Å². The van der Waals surface area contributed by atoms with Crippen molar-refractivity contribution < 1.29 is 19.2 Å². The van der Waals surface area contributed by atoms with E-state index in [1.807, 2.05) is 6.92 Å². The fraction of sp³-hybridized carbons (Fsp3) is 0.300. The molecule has 1 aliphatic rings. The van der Waals surface area contributed by atoms with Crippen molar-refractivity contribution in [1.82, 2.24) is 5.43 Å². The molecule has 1 aliphatic heterocycles. The molecule has 1 N–H and O–H groups in total. The van der Waals surface area contributed by atoms with Crippen molar-refractivity contribution >= 4 is 23.5 Å². The van der Waals surface area contributed by atoms with Gasteiger partial charge in [-0.15, -0.1) is 0 Å². The van der Waals surface area contributed by atoms with Gasteiger partial charge in [0, 0.05) is 42.0 Å². The van der Waals surface area contributed by atoms with Gasteiger partial charge in [0.1, 0.15) is 5.75 Å². The van der Waals surface area contributed by atoms with Gasteiger partial charge < -0.3 is 14.4 Å². The highest BCUT2D eigenvalue weighted by Crippen LogP contribution is 2.25. The largest absolute Gasteiger partial charge is 0.494 e. The van der Waals surface area contributed by atoms with E-state index in [9.17, 15) is 14.9 Å². The van der Waals surface area contributed by atoms with Crippen LogP contribution in [0.3, 0.4) is 0 Å². The Morgan fingerprint density at radius 3 is 2.66 bits per heavy atom. The van der Waals surface area contributed by atoms with Gasteiger partial charge >= 0.3 is 0 Å². The number of carbonyl (C=O) groups excluding carboxylic acids is 1. The highest BCUT2D eigenvalue weighted by molar-refractivity contribution is 5.95. The van der Waals surface area contributed by atoms with Crippen molar-refractivity contribution in [3.63, 3.8) is 0 Å². The first-order valence-electron chi connectivity index (χ1n) is 9.26. The number of non-ortho nitro benzene ring substituents is 1. The van der Waals surface area contributed by atoms with Crippen LogP contribution in [0, 0.1) is 10.1 Å². The van der Waals surface area contributed by atoms with E-state index in [1.54, 1.807) is 30.3 Å². The van der Waals surface area contributed by atoms with E-state index in [0.717, 1.165) is 5.69 Å². The molecular weight excluding hydrogens is 376 g/mol. The van der Waals surface area contributed by atoms with Gasteiger partial charge in [-0.25, -0.2) is 5.43 Å². The van der Waals surface area contributed by atoms with Crippen LogP contribution in [0.25, 0.3) is 0 Å². The summed E-state index contributed by atoms with van der Waals surface area (Å²) in [5, 5.41) is 15.1. The fourth-order valence-electron chi connectivity index (χ4n) is 2.95. The van der Waals surface area contributed by atoms with E-state index in [0.29, 0.717) is 49.8 Å². The van der Waals surface area contributed by atoms with Crippen LogP contribution >= 0.6 is 0 Å². The number of hydrogen-bond donors (Lipinski definition) is 1. The number of hydrazone groups is 1. The van der Waals surface area contributed by atoms with Crippen LogP contribution in [0.2, 0.25) is 0 Å². The molecule has 9 heteroatoms. The maximum Gasteiger partial charge on any atom is 0.271 e. The summed E-state index contributed by atoms with van der Waals surface area (Å²) in [6, 6.07) is 11.3. The SMILES string of the molecule is CCOc1ccc(C(=O)N/N=C/c2cc([N+](=O)[O-])ccc2N2CCOCC2)cc1. The number of rotatable bonds is 7. The Hall–Kier alpha value is -3.46. The Labute approximate surface area is 168 Å². The van der Waals surface area contributed by atoms with Gasteiger partial charge in [0.15, 0.2) is 0 Å². The van der Waals surface area contributed by atoms with Crippen molar-refractivity contribution in [1.29, 1.82) is 0 Å². The Kier molecular flexibility index (Phi) is 6.75. The number of nitrogens with zero attached hydrogens (tertiary/aromatic N) is 3. The van der Waals surface area contributed by atoms with Gasteiger partial charge in [-0.1, -0.05) is 0 Å². The number of nitro benzene ring substituents is 1. The molecule has 0 atom stereocenters. The molecule has 0 bridgehead atoms. The van der Waals surface area contributed by atoms with E-state index in [1.165, 1.54) is 18.3 Å².